The Hall–Kier alpha value is -1.30. The molecule has 0 aliphatic carbocycles. The number of aromatic hydroxyl groups is 2. The largest absolute Gasteiger partial charge is 0.504 e. The predicted molar refractivity (Wildman–Crippen MR) is 66.5 cm³/mol. The number of phenols is 2. The first-order chi connectivity index (χ1) is 8.53. The fraction of sp³-hybridized carbons (Fsp3) is 0.538. The Balaban J connectivity index is 1.91. The second kappa shape index (κ2) is 5.14. The van der Waals surface area contributed by atoms with E-state index in [1.54, 1.807) is 12.1 Å². The molecule has 0 spiro atoms. The lowest BCUT2D eigenvalue weighted by atomic mass is 9.96. The van der Waals surface area contributed by atoms with E-state index >= 15 is 0 Å². The van der Waals surface area contributed by atoms with Crippen LogP contribution in [-0.4, -0.2) is 40.2 Å². The minimum absolute atomic E-state index is 0.118. The van der Waals surface area contributed by atoms with Crippen molar-refractivity contribution in [3.8, 4) is 11.5 Å². The van der Waals surface area contributed by atoms with Gasteiger partial charge in [-0.3, -0.25) is 0 Å². The SMILES string of the molecule is CC1OCCC1(O)CNCc1cccc(O)c1O. The second-order valence-electron chi connectivity index (χ2n) is 4.76. The van der Waals surface area contributed by atoms with Crippen LogP contribution in [0.3, 0.4) is 0 Å². The first kappa shape index (κ1) is 13.1. The highest BCUT2D eigenvalue weighted by Gasteiger charge is 2.38. The van der Waals surface area contributed by atoms with Crippen LogP contribution in [0.25, 0.3) is 0 Å². The molecule has 0 aromatic heterocycles. The molecule has 1 aliphatic heterocycles. The van der Waals surface area contributed by atoms with Crippen LogP contribution in [0.4, 0.5) is 0 Å². The van der Waals surface area contributed by atoms with E-state index in [4.69, 9.17) is 4.74 Å². The molecule has 1 aromatic carbocycles. The molecule has 18 heavy (non-hydrogen) atoms. The van der Waals surface area contributed by atoms with Gasteiger partial charge in [0.1, 0.15) is 5.60 Å². The van der Waals surface area contributed by atoms with Gasteiger partial charge in [0, 0.05) is 31.7 Å². The van der Waals surface area contributed by atoms with Crippen LogP contribution in [0.1, 0.15) is 18.9 Å². The highest BCUT2D eigenvalue weighted by molar-refractivity contribution is 5.44. The maximum atomic E-state index is 10.3. The molecule has 1 aromatic rings. The standard InChI is InChI=1S/C13H19NO4/c1-9-13(17,5-6-18-9)8-14-7-10-3-2-4-11(15)12(10)16/h2-4,9,14-17H,5-8H2,1H3. The number of ether oxygens (including phenoxy) is 1. The molecule has 0 bridgehead atoms. The molecular weight excluding hydrogens is 234 g/mol. The zero-order valence-electron chi connectivity index (χ0n) is 10.4. The van der Waals surface area contributed by atoms with Gasteiger partial charge in [-0.25, -0.2) is 0 Å². The third kappa shape index (κ3) is 2.58. The molecule has 0 radical (unpaired) electrons. The summed E-state index contributed by atoms with van der Waals surface area (Å²) in [4.78, 5) is 0. The molecular formula is C13H19NO4. The van der Waals surface area contributed by atoms with Gasteiger partial charge in [0.2, 0.25) is 0 Å². The van der Waals surface area contributed by atoms with Crippen LogP contribution < -0.4 is 5.32 Å². The van der Waals surface area contributed by atoms with E-state index in [0.29, 0.717) is 31.7 Å². The van der Waals surface area contributed by atoms with Crippen LogP contribution >= 0.6 is 0 Å². The van der Waals surface area contributed by atoms with Gasteiger partial charge in [-0.1, -0.05) is 12.1 Å². The van der Waals surface area contributed by atoms with Gasteiger partial charge < -0.3 is 25.4 Å². The van der Waals surface area contributed by atoms with Crippen molar-refractivity contribution < 1.29 is 20.1 Å². The summed E-state index contributed by atoms with van der Waals surface area (Å²) in [6.07, 6.45) is 0.412. The van der Waals surface area contributed by atoms with Crippen molar-refractivity contribution in [1.82, 2.24) is 5.32 Å². The van der Waals surface area contributed by atoms with Gasteiger partial charge in [-0.05, 0) is 13.0 Å². The van der Waals surface area contributed by atoms with E-state index in [9.17, 15) is 15.3 Å². The van der Waals surface area contributed by atoms with Crippen molar-refractivity contribution in [2.75, 3.05) is 13.2 Å². The molecule has 5 heteroatoms. The van der Waals surface area contributed by atoms with Crippen LogP contribution in [0, 0.1) is 0 Å². The molecule has 1 heterocycles. The maximum Gasteiger partial charge on any atom is 0.161 e. The Labute approximate surface area is 106 Å². The summed E-state index contributed by atoms with van der Waals surface area (Å²) in [6.45, 7) is 3.19. The van der Waals surface area contributed by atoms with Crippen molar-refractivity contribution in [2.24, 2.45) is 0 Å². The molecule has 2 atom stereocenters. The summed E-state index contributed by atoms with van der Waals surface area (Å²) in [5.41, 5.74) is -0.253. The number of para-hydroxylation sites is 1. The van der Waals surface area contributed by atoms with Gasteiger partial charge in [0.05, 0.1) is 6.10 Å². The van der Waals surface area contributed by atoms with E-state index in [1.165, 1.54) is 6.07 Å². The van der Waals surface area contributed by atoms with Crippen molar-refractivity contribution in [1.29, 1.82) is 0 Å². The molecule has 1 fully saturated rings. The van der Waals surface area contributed by atoms with E-state index in [0.717, 1.165) is 0 Å². The highest BCUT2D eigenvalue weighted by Crippen LogP contribution is 2.28. The first-order valence-corrected chi connectivity index (χ1v) is 6.07. The molecule has 0 amide bonds. The number of nitrogens with one attached hydrogen (secondary N) is 1. The smallest absolute Gasteiger partial charge is 0.161 e. The van der Waals surface area contributed by atoms with Gasteiger partial charge in [-0.15, -0.1) is 0 Å². The zero-order chi connectivity index (χ0) is 13.2. The molecule has 1 aliphatic rings. The fourth-order valence-corrected chi connectivity index (χ4v) is 2.14. The predicted octanol–water partition coefficient (Wildman–Crippen LogP) is 0.727. The minimum atomic E-state index is -0.855. The topological polar surface area (TPSA) is 82.0 Å². The molecule has 2 rings (SSSR count). The number of benzene rings is 1. The Kier molecular flexibility index (Phi) is 3.75. The Morgan fingerprint density at radius 1 is 1.44 bits per heavy atom. The average Bonchev–Trinajstić information content (AvgIpc) is 2.65. The second-order valence-corrected chi connectivity index (χ2v) is 4.76. The van der Waals surface area contributed by atoms with E-state index in [1.807, 2.05) is 6.92 Å². The van der Waals surface area contributed by atoms with Crippen LogP contribution in [0.2, 0.25) is 0 Å². The van der Waals surface area contributed by atoms with Gasteiger partial charge in [0.15, 0.2) is 11.5 Å². The van der Waals surface area contributed by atoms with Crippen molar-refractivity contribution in [2.45, 2.75) is 31.6 Å². The fourth-order valence-electron chi connectivity index (χ4n) is 2.14. The van der Waals surface area contributed by atoms with Gasteiger partial charge in [0.25, 0.3) is 0 Å². The maximum absolute atomic E-state index is 10.3. The Bertz CT molecular complexity index is 423. The molecule has 5 nitrogen and oxygen atoms in total. The first-order valence-electron chi connectivity index (χ1n) is 6.07. The summed E-state index contributed by atoms with van der Waals surface area (Å²) in [5, 5.41) is 32.3. The zero-order valence-corrected chi connectivity index (χ0v) is 10.4. The van der Waals surface area contributed by atoms with E-state index in [2.05, 4.69) is 5.32 Å². The molecule has 1 saturated heterocycles. The Morgan fingerprint density at radius 3 is 2.89 bits per heavy atom. The number of hydrogen-bond acceptors (Lipinski definition) is 5. The van der Waals surface area contributed by atoms with E-state index < -0.39 is 5.60 Å². The molecule has 2 unspecified atom stereocenters. The van der Waals surface area contributed by atoms with Crippen LogP contribution in [0.5, 0.6) is 11.5 Å². The quantitative estimate of drug-likeness (QED) is 0.595. The van der Waals surface area contributed by atoms with Crippen molar-refractivity contribution in [3.63, 3.8) is 0 Å². The minimum Gasteiger partial charge on any atom is -0.504 e. The molecule has 0 saturated carbocycles. The van der Waals surface area contributed by atoms with Crippen molar-refractivity contribution >= 4 is 0 Å². The average molecular weight is 253 g/mol. The third-order valence-electron chi connectivity index (χ3n) is 3.50. The lowest BCUT2D eigenvalue weighted by Crippen LogP contribution is -2.45. The van der Waals surface area contributed by atoms with Crippen molar-refractivity contribution in [3.05, 3.63) is 23.8 Å². The lowest BCUT2D eigenvalue weighted by molar-refractivity contribution is -0.0263. The number of hydrogen-bond donors (Lipinski definition) is 4. The summed E-state index contributed by atoms with van der Waals surface area (Å²) in [7, 11) is 0. The third-order valence-corrected chi connectivity index (χ3v) is 3.50. The summed E-state index contributed by atoms with van der Waals surface area (Å²) < 4.78 is 5.33. The summed E-state index contributed by atoms with van der Waals surface area (Å²) >= 11 is 0. The lowest BCUT2D eigenvalue weighted by Gasteiger charge is -2.26. The normalized spacial score (nSPS) is 27.6. The van der Waals surface area contributed by atoms with E-state index in [-0.39, 0.29) is 17.6 Å². The van der Waals surface area contributed by atoms with Gasteiger partial charge in [-0.2, -0.15) is 0 Å². The molecule has 4 N–H and O–H groups in total. The number of phenolic OH excluding ortho intramolecular Hbond substituents is 2. The summed E-state index contributed by atoms with van der Waals surface area (Å²) in [6, 6.07) is 4.82. The Morgan fingerprint density at radius 2 is 2.22 bits per heavy atom. The summed E-state index contributed by atoms with van der Waals surface area (Å²) in [5.74, 6) is -0.252. The van der Waals surface area contributed by atoms with Crippen LogP contribution in [0.15, 0.2) is 18.2 Å². The monoisotopic (exact) mass is 253 g/mol. The highest BCUT2D eigenvalue weighted by atomic mass is 16.5. The number of rotatable bonds is 4. The van der Waals surface area contributed by atoms with Crippen LogP contribution in [-0.2, 0) is 11.3 Å². The number of aliphatic hydroxyl groups is 1. The molecule has 100 valence electrons. The van der Waals surface area contributed by atoms with Gasteiger partial charge >= 0.3 is 0 Å².